The predicted molar refractivity (Wildman–Crippen MR) is 289 cm³/mol. The summed E-state index contributed by atoms with van der Waals surface area (Å²) in [4.78, 5) is 14.8. The van der Waals surface area contributed by atoms with Crippen LogP contribution in [0.2, 0.25) is 0 Å². The molecule has 0 radical (unpaired) electrons. The molecule has 0 fully saturated rings. The third kappa shape index (κ3) is 9.86. The van der Waals surface area contributed by atoms with Crippen LogP contribution in [0.4, 0.5) is 0 Å². The molecule has 0 aliphatic carbocycles. The molecular formula is C67H46IrN3O. The summed E-state index contributed by atoms with van der Waals surface area (Å²) in [6, 6.07) is 84.5. The molecule has 72 heavy (non-hydrogen) atoms. The van der Waals surface area contributed by atoms with E-state index in [-0.39, 0.29) is 20.1 Å². The van der Waals surface area contributed by atoms with Gasteiger partial charge in [-0.2, -0.15) is 0 Å². The summed E-state index contributed by atoms with van der Waals surface area (Å²) in [6.45, 7) is 0. The van der Waals surface area contributed by atoms with Gasteiger partial charge in [-0.05, 0) is 117 Å². The van der Waals surface area contributed by atoms with Crippen molar-refractivity contribution in [3.8, 4) is 78.3 Å². The Hall–Kier alpha value is -8.34. The summed E-state index contributed by atoms with van der Waals surface area (Å²) in [5, 5.41) is 2.24. The van der Waals surface area contributed by atoms with Crippen LogP contribution >= 0.6 is 0 Å². The van der Waals surface area contributed by atoms with Gasteiger partial charge in [0.25, 0.3) is 0 Å². The standard InChI is InChI=1S/C67H46N3O.Ir/c1-4-15-50(16-5-1)61-42-65(55-22-14-21-53(40-55)54-33-34-60-59-25-12-13-26-66(59)71-67(60)41-54)70-45-62(61)58-24-11-10-23-57(58)56-38-48(29-27-46-31-35-63(68-43-46)51-17-6-2-7-18-51)37-49(39-56)30-28-47-32-36-64(69-44-47)52-19-8-3-9-20-52;/h1-17,19,21,23-26,31-45H,27-30H2;/q-3;+3. The number of pyridine rings is 3. The van der Waals surface area contributed by atoms with Gasteiger partial charge in [0.15, 0.2) is 0 Å². The molecule has 0 spiro atoms. The van der Waals surface area contributed by atoms with Crippen LogP contribution < -0.4 is 0 Å². The molecule has 344 valence electrons. The molecule has 0 bridgehead atoms. The van der Waals surface area contributed by atoms with E-state index >= 15 is 0 Å². The molecule has 0 amide bonds. The Morgan fingerprint density at radius 3 is 1.57 bits per heavy atom. The second-order valence-corrected chi connectivity index (χ2v) is 18.0. The fourth-order valence-corrected chi connectivity index (χ4v) is 9.70. The first-order chi connectivity index (χ1) is 35.1. The van der Waals surface area contributed by atoms with Crippen LogP contribution in [0.25, 0.3) is 100 Å². The van der Waals surface area contributed by atoms with Gasteiger partial charge in [0.1, 0.15) is 11.2 Å². The van der Waals surface area contributed by atoms with Crippen LogP contribution in [0, 0.1) is 18.2 Å². The van der Waals surface area contributed by atoms with Crippen molar-refractivity contribution in [1.82, 2.24) is 15.0 Å². The summed E-state index contributed by atoms with van der Waals surface area (Å²) < 4.78 is 6.27. The second kappa shape index (κ2) is 20.9. The monoisotopic (exact) mass is 1100 g/mol. The number of hydrogen-bond acceptors (Lipinski definition) is 4. The molecule has 0 atom stereocenters. The van der Waals surface area contributed by atoms with Crippen molar-refractivity contribution in [1.29, 1.82) is 0 Å². The van der Waals surface area contributed by atoms with Gasteiger partial charge in [-0.1, -0.05) is 127 Å². The first kappa shape index (κ1) is 46.1. The Bertz CT molecular complexity index is 3690. The van der Waals surface area contributed by atoms with Crippen LogP contribution in [-0.4, -0.2) is 15.0 Å². The largest absolute Gasteiger partial charge is 3.00 e. The molecule has 0 unspecified atom stereocenters. The Labute approximate surface area is 434 Å². The molecule has 4 heterocycles. The van der Waals surface area contributed by atoms with Gasteiger partial charge >= 0.3 is 20.1 Å². The predicted octanol–water partition coefficient (Wildman–Crippen LogP) is 16.4. The van der Waals surface area contributed by atoms with Crippen LogP contribution in [0.5, 0.6) is 0 Å². The number of fused-ring (bicyclic) bond motifs is 3. The van der Waals surface area contributed by atoms with E-state index in [1.807, 2.05) is 67.0 Å². The summed E-state index contributed by atoms with van der Waals surface area (Å²) >= 11 is 0. The number of furan rings is 1. The second-order valence-electron chi connectivity index (χ2n) is 18.0. The Morgan fingerprint density at radius 2 is 0.903 bits per heavy atom. The third-order valence-corrected chi connectivity index (χ3v) is 13.4. The molecule has 12 aromatic rings. The van der Waals surface area contributed by atoms with Crippen LogP contribution in [0.3, 0.4) is 0 Å². The van der Waals surface area contributed by atoms with Crippen LogP contribution in [0.1, 0.15) is 22.3 Å². The number of aryl methyl sites for hydroxylation is 4. The normalized spacial score (nSPS) is 11.2. The quantitative estimate of drug-likeness (QED) is 0.108. The smallest absolute Gasteiger partial charge is 0.456 e. The van der Waals surface area contributed by atoms with Gasteiger partial charge in [0.2, 0.25) is 0 Å². The Morgan fingerprint density at radius 1 is 0.319 bits per heavy atom. The van der Waals surface area contributed by atoms with E-state index in [1.165, 1.54) is 27.8 Å². The molecule has 0 saturated heterocycles. The Kier molecular flexibility index (Phi) is 13.4. The zero-order valence-electron chi connectivity index (χ0n) is 39.4. The summed E-state index contributed by atoms with van der Waals surface area (Å²) in [7, 11) is 0. The van der Waals surface area contributed by atoms with Gasteiger partial charge in [-0.15, -0.1) is 107 Å². The van der Waals surface area contributed by atoms with Crippen LogP contribution in [-0.2, 0) is 45.8 Å². The van der Waals surface area contributed by atoms with Crippen LogP contribution in [0.15, 0.2) is 235 Å². The number of rotatable bonds is 13. The Balaban J connectivity index is 0.00000560. The zero-order chi connectivity index (χ0) is 47.3. The molecule has 4 nitrogen and oxygen atoms in total. The first-order valence-electron chi connectivity index (χ1n) is 24.2. The van der Waals surface area contributed by atoms with Crippen molar-refractivity contribution in [2.24, 2.45) is 0 Å². The van der Waals surface area contributed by atoms with Gasteiger partial charge in [-0.25, -0.2) is 0 Å². The fraction of sp³-hybridized carbons (Fsp3) is 0.0597. The molecule has 8 aromatic carbocycles. The van der Waals surface area contributed by atoms with E-state index < -0.39 is 0 Å². The summed E-state index contributed by atoms with van der Waals surface area (Å²) in [6.07, 6.45) is 9.56. The number of nitrogens with zero attached hydrogens (tertiary/aromatic N) is 3. The summed E-state index contributed by atoms with van der Waals surface area (Å²) in [5.74, 6) is 0. The summed E-state index contributed by atoms with van der Waals surface area (Å²) in [5.41, 5.74) is 21.3. The van der Waals surface area contributed by atoms with Crippen molar-refractivity contribution in [3.63, 3.8) is 0 Å². The van der Waals surface area contributed by atoms with E-state index in [4.69, 9.17) is 19.4 Å². The molecule has 0 saturated carbocycles. The van der Waals surface area contributed by atoms with Gasteiger partial charge in [-0.3, -0.25) is 0 Å². The number of benzene rings is 8. The third-order valence-electron chi connectivity index (χ3n) is 13.4. The number of para-hydroxylation sites is 1. The maximum Gasteiger partial charge on any atom is 3.00 e. The van der Waals surface area contributed by atoms with Gasteiger partial charge in [0.05, 0.1) is 0 Å². The fourth-order valence-electron chi connectivity index (χ4n) is 9.70. The molecule has 12 rings (SSSR count). The SMILES string of the molecule is [Ir+3].[c-]1ccccc1-c1ccc(CCc2cc(CCc3ccc(-c4[c-]cccc4)nc3)cc(-c3ccccc3-c3cnc(-c4[c-]ccc(-c5ccc6c(c5)oc5ccccc56)c4)cc3-c3ccccc3)c2)cn1. The van der Waals surface area contributed by atoms with E-state index in [9.17, 15) is 0 Å². The van der Waals surface area contributed by atoms with Crippen molar-refractivity contribution < 1.29 is 24.5 Å². The van der Waals surface area contributed by atoms with E-state index in [0.29, 0.717) is 0 Å². The van der Waals surface area contributed by atoms with E-state index in [1.54, 1.807) is 0 Å². The molecular weight excluding hydrogens is 1050 g/mol. The molecule has 0 N–H and O–H groups in total. The minimum Gasteiger partial charge on any atom is -0.456 e. The topological polar surface area (TPSA) is 51.8 Å². The van der Waals surface area contributed by atoms with Crippen molar-refractivity contribution in [2.45, 2.75) is 25.7 Å². The maximum atomic E-state index is 6.27. The minimum absolute atomic E-state index is 0. The average molecular weight is 1100 g/mol. The maximum absolute atomic E-state index is 6.27. The first-order valence-corrected chi connectivity index (χ1v) is 24.2. The van der Waals surface area contributed by atoms with E-state index in [0.717, 1.165) is 120 Å². The minimum atomic E-state index is 0. The van der Waals surface area contributed by atoms with Gasteiger partial charge in [0, 0.05) is 34.9 Å². The van der Waals surface area contributed by atoms with Gasteiger partial charge < -0.3 is 19.4 Å². The molecule has 5 heteroatoms. The zero-order valence-corrected chi connectivity index (χ0v) is 41.7. The average Bonchev–Trinajstić information content (AvgIpc) is 3.83. The number of hydrogen-bond donors (Lipinski definition) is 0. The number of aromatic nitrogens is 3. The van der Waals surface area contributed by atoms with Crippen molar-refractivity contribution >= 4 is 21.9 Å². The molecule has 0 aliphatic rings. The van der Waals surface area contributed by atoms with E-state index in [2.05, 4.69) is 182 Å². The molecule has 4 aromatic heterocycles. The van der Waals surface area contributed by atoms with Crippen molar-refractivity contribution in [2.75, 3.05) is 0 Å². The van der Waals surface area contributed by atoms with Crippen molar-refractivity contribution in [3.05, 3.63) is 271 Å². The molecule has 0 aliphatic heterocycles.